The first-order valence-corrected chi connectivity index (χ1v) is 15.3. The molecule has 4 saturated heterocycles. The summed E-state index contributed by atoms with van der Waals surface area (Å²) in [5, 5.41) is 11.5. The Kier molecular flexibility index (Phi) is 6.71. The van der Waals surface area contributed by atoms with Crippen LogP contribution >= 0.6 is 0 Å². The second-order valence-electron chi connectivity index (χ2n) is 13.2. The van der Waals surface area contributed by atoms with Crippen LogP contribution in [-0.4, -0.2) is 103 Å². The van der Waals surface area contributed by atoms with Crippen molar-refractivity contribution in [2.75, 3.05) is 26.4 Å². The minimum absolute atomic E-state index is 0.130. The van der Waals surface area contributed by atoms with Gasteiger partial charge in [-0.3, -0.25) is 4.79 Å². The summed E-state index contributed by atoms with van der Waals surface area (Å²) < 4.78 is 48.7. The number of hydrogen-bond acceptors (Lipinski definition) is 12. The molecule has 0 amide bonds. The molecule has 12 heteroatoms. The van der Waals surface area contributed by atoms with E-state index < -0.39 is 76.2 Å². The van der Waals surface area contributed by atoms with Crippen molar-refractivity contribution in [2.45, 2.75) is 113 Å². The number of aliphatic hydroxyl groups is 1. The largest absolute Gasteiger partial charge is 0.463 e. The van der Waals surface area contributed by atoms with Crippen molar-refractivity contribution < 1.29 is 57.4 Å². The number of esters is 3. The lowest BCUT2D eigenvalue weighted by molar-refractivity contribution is -0.316. The van der Waals surface area contributed by atoms with E-state index in [2.05, 4.69) is 0 Å². The molecule has 1 N–H and O–H groups in total. The van der Waals surface area contributed by atoms with Gasteiger partial charge in [0, 0.05) is 45.3 Å². The predicted molar refractivity (Wildman–Crippen MR) is 144 cm³/mol. The number of epoxide rings is 2. The van der Waals surface area contributed by atoms with E-state index in [-0.39, 0.29) is 45.2 Å². The second kappa shape index (κ2) is 9.82. The van der Waals surface area contributed by atoms with Crippen LogP contribution in [0.4, 0.5) is 0 Å². The highest BCUT2D eigenvalue weighted by Gasteiger charge is 2.84. The molecule has 0 aromatic carbocycles. The summed E-state index contributed by atoms with van der Waals surface area (Å²) in [6, 6.07) is 0. The summed E-state index contributed by atoms with van der Waals surface area (Å²) in [5.41, 5.74) is -2.96. The molecular weight excluding hydrogens is 564 g/mol. The lowest BCUT2D eigenvalue weighted by atomic mass is 9.51. The lowest BCUT2D eigenvalue weighted by Crippen LogP contribution is -2.68. The molecule has 2 aliphatic carbocycles. The van der Waals surface area contributed by atoms with Gasteiger partial charge in [-0.05, 0) is 25.8 Å². The van der Waals surface area contributed by atoms with E-state index in [1.54, 1.807) is 13.0 Å². The lowest BCUT2D eigenvalue weighted by Gasteiger charge is -2.59. The quantitative estimate of drug-likeness (QED) is 0.216. The number of ether oxygens (including phenoxy) is 8. The molecule has 0 aromatic heterocycles. The molecule has 0 radical (unpaired) electrons. The molecule has 43 heavy (non-hydrogen) atoms. The molecule has 3 spiro atoms. The smallest absolute Gasteiger partial charge is 0.338 e. The number of aliphatic hydroxyl groups excluding tert-OH is 1. The average molecular weight is 605 g/mol. The highest BCUT2D eigenvalue weighted by molar-refractivity contribution is 5.82. The predicted octanol–water partition coefficient (Wildman–Crippen LogP) is 1.66. The first kappa shape index (κ1) is 29.4. The standard InChI is InChI=1S/C31H40O12/c1-5-37-31-9-7-6-8-23(33)42-20-13-22-30(16-39-30)27(20,4)28(14-19(40-18(3)32)17(2)12-21(28)41-22)15-36-25(34)24-29(43-24,26(31)35)10-11-38-31/h6,8,12,19-22,24,26,35H,5,7,9-11,13-16H2,1-4H3. The number of fused-ring (bicyclic) bond motifs is 1. The minimum Gasteiger partial charge on any atom is -0.463 e. The van der Waals surface area contributed by atoms with Gasteiger partial charge in [-0.1, -0.05) is 19.1 Å². The number of cyclic esters (lactones) is 1. The zero-order chi connectivity index (χ0) is 30.4. The summed E-state index contributed by atoms with van der Waals surface area (Å²) in [6.45, 7) is 7.80. The van der Waals surface area contributed by atoms with Crippen LogP contribution in [0.15, 0.2) is 23.8 Å². The third-order valence-corrected chi connectivity index (χ3v) is 11.3. The van der Waals surface area contributed by atoms with E-state index in [1.165, 1.54) is 13.0 Å². The Morgan fingerprint density at radius 3 is 2.67 bits per heavy atom. The second-order valence-corrected chi connectivity index (χ2v) is 13.2. The van der Waals surface area contributed by atoms with Crippen LogP contribution in [-0.2, 0) is 52.3 Å². The topological polar surface area (TPSA) is 152 Å². The van der Waals surface area contributed by atoms with Gasteiger partial charge in [-0.2, -0.15) is 0 Å². The molecule has 11 atom stereocenters. The zero-order valence-electron chi connectivity index (χ0n) is 25.0. The van der Waals surface area contributed by atoms with Crippen LogP contribution in [0.2, 0.25) is 0 Å². The van der Waals surface area contributed by atoms with Crippen molar-refractivity contribution in [1.29, 1.82) is 0 Å². The summed E-state index contributed by atoms with van der Waals surface area (Å²) in [4.78, 5) is 39.1. The first-order valence-electron chi connectivity index (χ1n) is 15.3. The molecule has 7 aliphatic rings. The maximum absolute atomic E-state index is 13.7. The molecule has 0 aromatic rings. The van der Waals surface area contributed by atoms with Crippen LogP contribution in [0.1, 0.15) is 59.8 Å². The molecule has 236 valence electrons. The molecule has 11 unspecified atom stereocenters. The number of allylic oxidation sites excluding steroid dienone is 1. The van der Waals surface area contributed by atoms with E-state index >= 15 is 0 Å². The van der Waals surface area contributed by atoms with Crippen LogP contribution in [0.5, 0.6) is 0 Å². The van der Waals surface area contributed by atoms with Crippen molar-refractivity contribution in [1.82, 2.24) is 0 Å². The van der Waals surface area contributed by atoms with Crippen molar-refractivity contribution >= 4 is 17.9 Å². The maximum Gasteiger partial charge on any atom is 0.338 e. The molecule has 1 saturated carbocycles. The average Bonchev–Trinajstić information content (AvgIpc) is 3.87. The van der Waals surface area contributed by atoms with Crippen molar-refractivity contribution in [3.8, 4) is 0 Å². The Hall–Kier alpha value is -2.35. The number of carbonyl (C=O) groups excluding carboxylic acids is 3. The van der Waals surface area contributed by atoms with Crippen molar-refractivity contribution in [3.05, 3.63) is 23.8 Å². The Bertz CT molecular complexity index is 1270. The zero-order valence-corrected chi connectivity index (χ0v) is 25.0. The van der Waals surface area contributed by atoms with E-state index in [4.69, 9.17) is 37.9 Å². The van der Waals surface area contributed by atoms with Crippen LogP contribution < -0.4 is 0 Å². The van der Waals surface area contributed by atoms with Gasteiger partial charge >= 0.3 is 17.9 Å². The van der Waals surface area contributed by atoms with E-state index in [0.717, 1.165) is 5.57 Å². The summed E-state index contributed by atoms with van der Waals surface area (Å²) in [5.74, 6) is -2.99. The molecule has 5 aliphatic heterocycles. The van der Waals surface area contributed by atoms with Gasteiger partial charge < -0.3 is 43.0 Å². The van der Waals surface area contributed by atoms with Crippen LogP contribution in [0, 0.1) is 10.8 Å². The van der Waals surface area contributed by atoms with Gasteiger partial charge in [0.1, 0.15) is 36.1 Å². The molecule has 7 rings (SSSR count). The number of carbonyl (C=O) groups is 3. The molecule has 5 heterocycles. The fourth-order valence-corrected chi connectivity index (χ4v) is 8.83. The summed E-state index contributed by atoms with van der Waals surface area (Å²) in [6.07, 6.45) is 2.19. The Labute approximate surface area is 249 Å². The fraction of sp³-hybridized carbons (Fsp3) is 0.774. The third-order valence-electron chi connectivity index (χ3n) is 11.3. The highest BCUT2D eigenvalue weighted by Crippen LogP contribution is 2.72. The summed E-state index contributed by atoms with van der Waals surface area (Å²) in [7, 11) is 0. The van der Waals surface area contributed by atoms with Gasteiger partial charge in [0.15, 0.2) is 11.9 Å². The van der Waals surface area contributed by atoms with Gasteiger partial charge in [0.05, 0.1) is 36.3 Å². The van der Waals surface area contributed by atoms with Gasteiger partial charge in [-0.25, -0.2) is 9.59 Å². The van der Waals surface area contributed by atoms with Gasteiger partial charge in [-0.15, -0.1) is 0 Å². The first-order chi connectivity index (χ1) is 20.5. The Morgan fingerprint density at radius 2 is 1.95 bits per heavy atom. The normalized spacial score (nSPS) is 50.1. The summed E-state index contributed by atoms with van der Waals surface area (Å²) >= 11 is 0. The fourth-order valence-electron chi connectivity index (χ4n) is 8.83. The van der Waals surface area contributed by atoms with E-state index in [9.17, 15) is 19.5 Å². The number of rotatable bonds is 3. The minimum atomic E-state index is -1.41. The molecule has 12 nitrogen and oxygen atoms in total. The Morgan fingerprint density at radius 1 is 1.16 bits per heavy atom. The third kappa shape index (κ3) is 3.99. The van der Waals surface area contributed by atoms with Crippen molar-refractivity contribution in [3.63, 3.8) is 0 Å². The highest BCUT2D eigenvalue weighted by atomic mass is 16.7. The van der Waals surface area contributed by atoms with Crippen LogP contribution in [0.25, 0.3) is 0 Å². The molecule has 5 fully saturated rings. The van der Waals surface area contributed by atoms with Crippen LogP contribution in [0.3, 0.4) is 0 Å². The van der Waals surface area contributed by atoms with E-state index in [0.29, 0.717) is 19.4 Å². The molecular formula is C31H40O12. The van der Waals surface area contributed by atoms with Crippen molar-refractivity contribution in [2.24, 2.45) is 10.8 Å². The maximum atomic E-state index is 13.7. The van der Waals surface area contributed by atoms with Gasteiger partial charge in [0.2, 0.25) is 0 Å². The SMILES string of the molecule is CCOC12CCC=CC(=O)OC3CC4OC5C=C(C)C(OC(C)=O)CC5(COC(=O)C5OC5(CCO1)C2O)C3(C)C41CO1. The molecule has 4 bridgehead atoms. The monoisotopic (exact) mass is 604 g/mol. The number of hydrogen-bond donors (Lipinski definition) is 1. The van der Waals surface area contributed by atoms with E-state index in [1.807, 2.05) is 19.9 Å². The van der Waals surface area contributed by atoms with Gasteiger partial charge in [0.25, 0.3) is 0 Å². The Balaban J connectivity index is 1.30.